The van der Waals surface area contributed by atoms with Crippen LogP contribution in [0.2, 0.25) is 0 Å². The molecule has 0 N–H and O–H groups in total. The summed E-state index contributed by atoms with van der Waals surface area (Å²) in [5.74, 6) is -0.711. The average molecular weight is 366 g/mol. The van der Waals surface area contributed by atoms with Crippen molar-refractivity contribution < 1.29 is 23.6 Å². The van der Waals surface area contributed by atoms with Gasteiger partial charge in [0.05, 0.1) is 23.1 Å². The molecule has 0 aromatic heterocycles. The van der Waals surface area contributed by atoms with E-state index in [1.165, 1.54) is 29.2 Å². The number of nitrogens with zero attached hydrogens (tertiary/aromatic N) is 2. The van der Waals surface area contributed by atoms with E-state index in [1.54, 1.807) is 34.6 Å². The number of carbonyl (C=O) groups excluding carboxylic acids is 1. The van der Waals surface area contributed by atoms with Crippen LogP contribution in [0.3, 0.4) is 0 Å². The summed E-state index contributed by atoms with van der Waals surface area (Å²) in [5.41, 5.74) is -2.10. The predicted molar refractivity (Wildman–Crippen MR) is 94.0 cm³/mol. The Balaban J connectivity index is 2.32. The number of halogens is 1. The molecule has 0 saturated carbocycles. The van der Waals surface area contributed by atoms with E-state index >= 15 is 0 Å². The Labute approximate surface area is 151 Å². The van der Waals surface area contributed by atoms with E-state index in [9.17, 15) is 19.3 Å². The molecule has 26 heavy (non-hydrogen) atoms. The molecule has 0 radical (unpaired) electrons. The first-order chi connectivity index (χ1) is 11.9. The zero-order valence-electron chi connectivity index (χ0n) is 15.5. The second-order valence-electron chi connectivity index (χ2n) is 7.46. The molecule has 0 aliphatic carbocycles. The van der Waals surface area contributed by atoms with E-state index < -0.39 is 34.2 Å². The number of nitro groups is 1. The maximum absolute atomic E-state index is 14.0. The number of hydrogen-bond donors (Lipinski definition) is 0. The topological polar surface area (TPSA) is 81.9 Å². The maximum atomic E-state index is 14.0. The van der Waals surface area contributed by atoms with Crippen LogP contribution >= 0.6 is 0 Å². The van der Waals surface area contributed by atoms with Crippen LogP contribution in [-0.4, -0.2) is 39.9 Å². The number of ether oxygens (including phenoxy) is 2. The third-order valence-corrected chi connectivity index (χ3v) is 3.82. The Kier molecular flexibility index (Phi) is 5.36. The molecule has 1 saturated heterocycles. The standard InChI is InChI=1S/C18H23FN2O5/c1-17(2,3)26-16(22)20-12(11-25-18(20,4)5)9-10-13-14(19)7-6-8-15(13)21(23)24/h6-10,12H,11H2,1-5H3/b10-9-/t12-/m0/s1. The van der Waals surface area contributed by atoms with Crippen molar-refractivity contribution in [2.75, 3.05) is 6.61 Å². The molecule has 0 spiro atoms. The van der Waals surface area contributed by atoms with Crippen molar-refractivity contribution >= 4 is 17.9 Å². The fraction of sp³-hybridized carbons (Fsp3) is 0.500. The van der Waals surface area contributed by atoms with Crippen molar-refractivity contribution in [3.63, 3.8) is 0 Å². The highest BCUT2D eigenvalue weighted by atomic mass is 19.1. The average Bonchev–Trinajstić information content (AvgIpc) is 2.78. The molecular weight excluding hydrogens is 343 g/mol. The van der Waals surface area contributed by atoms with Gasteiger partial charge in [0.1, 0.15) is 17.1 Å². The summed E-state index contributed by atoms with van der Waals surface area (Å²) >= 11 is 0. The molecule has 8 heteroatoms. The number of rotatable bonds is 3. The van der Waals surface area contributed by atoms with E-state index in [2.05, 4.69) is 0 Å². The van der Waals surface area contributed by atoms with E-state index in [-0.39, 0.29) is 17.9 Å². The second-order valence-corrected chi connectivity index (χ2v) is 7.46. The van der Waals surface area contributed by atoms with Gasteiger partial charge in [0.15, 0.2) is 0 Å². The van der Waals surface area contributed by atoms with Crippen LogP contribution in [0.4, 0.5) is 14.9 Å². The lowest BCUT2D eigenvalue weighted by atomic mass is 10.1. The molecule has 0 unspecified atom stereocenters. The first kappa shape index (κ1) is 19.8. The minimum absolute atomic E-state index is 0.147. The normalized spacial score (nSPS) is 19.8. The van der Waals surface area contributed by atoms with Crippen LogP contribution in [0.25, 0.3) is 6.08 Å². The molecule has 142 valence electrons. The van der Waals surface area contributed by atoms with Crippen LogP contribution < -0.4 is 0 Å². The Morgan fingerprint density at radius 1 is 1.46 bits per heavy atom. The van der Waals surface area contributed by atoms with Crippen molar-refractivity contribution in [3.05, 3.63) is 45.8 Å². The smallest absolute Gasteiger partial charge is 0.413 e. The third kappa shape index (κ3) is 4.37. The van der Waals surface area contributed by atoms with Crippen molar-refractivity contribution in [1.82, 2.24) is 4.90 Å². The zero-order chi connectivity index (χ0) is 19.7. The van der Waals surface area contributed by atoms with Gasteiger partial charge in [-0.05, 0) is 46.8 Å². The second kappa shape index (κ2) is 7.03. The van der Waals surface area contributed by atoms with E-state index in [1.807, 2.05) is 0 Å². The highest BCUT2D eigenvalue weighted by molar-refractivity contribution is 5.71. The van der Waals surface area contributed by atoms with E-state index in [0.717, 1.165) is 6.07 Å². The van der Waals surface area contributed by atoms with Gasteiger partial charge in [-0.1, -0.05) is 12.1 Å². The minimum atomic E-state index is -0.918. The third-order valence-electron chi connectivity index (χ3n) is 3.82. The number of carbonyl (C=O) groups is 1. The first-order valence-corrected chi connectivity index (χ1v) is 8.20. The van der Waals surface area contributed by atoms with Gasteiger partial charge in [0.2, 0.25) is 0 Å². The fourth-order valence-corrected chi connectivity index (χ4v) is 2.70. The summed E-state index contributed by atoms with van der Waals surface area (Å²) in [7, 11) is 0. The quantitative estimate of drug-likeness (QED) is 0.594. The molecule has 1 atom stereocenters. The lowest BCUT2D eigenvalue weighted by Gasteiger charge is -2.34. The van der Waals surface area contributed by atoms with Crippen LogP contribution in [0.1, 0.15) is 40.2 Å². The molecule has 2 rings (SSSR count). The SMILES string of the molecule is CC(C)(C)OC(=O)N1[C@@H](/C=C\c2c(F)cccc2[N+](=O)[O-])COC1(C)C. The highest BCUT2D eigenvalue weighted by Gasteiger charge is 2.44. The van der Waals surface area contributed by atoms with Crippen molar-refractivity contribution in [2.45, 2.75) is 52.0 Å². The van der Waals surface area contributed by atoms with Gasteiger partial charge in [-0.15, -0.1) is 0 Å². The van der Waals surface area contributed by atoms with Gasteiger partial charge < -0.3 is 9.47 Å². The number of nitro benzene ring substituents is 1. The van der Waals surface area contributed by atoms with Crippen molar-refractivity contribution in [2.24, 2.45) is 0 Å². The zero-order valence-corrected chi connectivity index (χ0v) is 15.5. The molecule has 1 fully saturated rings. The molecule has 1 aromatic rings. The van der Waals surface area contributed by atoms with Crippen LogP contribution in [-0.2, 0) is 9.47 Å². The largest absolute Gasteiger partial charge is 0.444 e. The molecule has 7 nitrogen and oxygen atoms in total. The van der Waals surface area contributed by atoms with Crippen LogP contribution in [0.5, 0.6) is 0 Å². The molecular formula is C18H23FN2O5. The summed E-state index contributed by atoms with van der Waals surface area (Å²) in [6.45, 7) is 8.87. The van der Waals surface area contributed by atoms with Gasteiger partial charge >= 0.3 is 6.09 Å². The fourth-order valence-electron chi connectivity index (χ4n) is 2.70. The van der Waals surface area contributed by atoms with Gasteiger partial charge in [-0.25, -0.2) is 9.18 Å². The summed E-state index contributed by atoms with van der Waals surface area (Å²) in [4.78, 5) is 24.4. The van der Waals surface area contributed by atoms with Crippen LogP contribution in [0, 0.1) is 15.9 Å². The Morgan fingerprint density at radius 3 is 2.69 bits per heavy atom. The number of amides is 1. The molecule has 1 aliphatic heterocycles. The predicted octanol–water partition coefficient (Wildman–Crippen LogP) is 4.12. The van der Waals surface area contributed by atoms with Gasteiger partial charge in [-0.3, -0.25) is 15.0 Å². The van der Waals surface area contributed by atoms with Crippen molar-refractivity contribution in [1.29, 1.82) is 0 Å². The first-order valence-electron chi connectivity index (χ1n) is 8.20. The monoisotopic (exact) mass is 366 g/mol. The maximum Gasteiger partial charge on any atom is 0.413 e. The number of hydrogen-bond acceptors (Lipinski definition) is 5. The molecule has 1 amide bonds. The Hall–Kier alpha value is -2.48. The van der Waals surface area contributed by atoms with Gasteiger partial charge in [0.25, 0.3) is 5.69 Å². The lowest BCUT2D eigenvalue weighted by molar-refractivity contribution is -0.385. The number of benzene rings is 1. The Bertz CT molecular complexity index is 740. The molecule has 1 aliphatic rings. The summed E-state index contributed by atoms with van der Waals surface area (Å²) in [6, 6.07) is 3.11. The molecule has 1 heterocycles. The van der Waals surface area contributed by atoms with E-state index in [0.29, 0.717) is 0 Å². The summed E-state index contributed by atoms with van der Waals surface area (Å²) in [6.07, 6.45) is 2.25. The van der Waals surface area contributed by atoms with Crippen molar-refractivity contribution in [3.8, 4) is 0 Å². The Morgan fingerprint density at radius 2 is 2.12 bits per heavy atom. The summed E-state index contributed by atoms with van der Waals surface area (Å²) in [5, 5.41) is 11.1. The molecule has 1 aromatic carbocycles. The van der Waals surface area contributed by atoms with Gasteiger partial charge in [0, 0.05) is 6.07 Å². The lowest BCUT2D eigenvalue weighted by Crippen LogP contribution is -2.49. The summed E-state index contributed by atoms with van der Waals surface area (Å²) < 4.78 is 25.1. The minimum Gasteiger partial charge on any atom is -0.444 e. The highest BCUT2D eigenvalue weighted by Crippen LogP contribution is 2.31. The van der Waals surface area contributed by atoms with Crippen LogP contribution in [0.15, 0.2) is 24.3 Å². The van der Waals surface area contributed by atoms with Gasteiger partial charge in [-0.2, -0.15) is 0 Å². The molecule has 0 bridgehead atoms. The van der Waals surface area contributed by atoms with E-state index in [4.69, 9.17) is 9.47 Å².